The Morgan fingerprint density at radius 3 is 2.02 bits per heavy atom. The number of carbonyl (C=O) groups is 5. The van der Waals surface area contributed by atoms with E-state index in [1.807, 2.05) is 49.4 Å². The van der Waals surface area contributed by atoms with Gasteiger partial charge in [-0.1, -0.05) is 67.8 Å². The maximum atomic E-state index is 14.0. The molecule has 286 valence electrons. The molecule has 3 amide bonds. The summed E-state index contributed by atoms with van der Waals surface area (Å²) >= 11 is 0. The van der Waals surface area contributed by atoms with E-state index in [0.29, 0.717) is 18.4 Å². The standard InChI is InChI=1S/C41H60N4O7/c1-28-18-20-32(21-19-28)40(51)43-35(24-30-13-7-6-8-14-30)36(48)23-29(2)39(50)44-38(31-15-9-10-16-31)37(49)25-33(17-11-12-22-45(3,4)5)41(52)42-34(26-46)27-47/h6-8,13-14,18-21,29,31,33-35,38,46-47H,9-12,15-17,22-27H2,1-5H3,(H2-,42,43,44,50,51,52)/p+1/t29-,33-,35+,38+/m1/s1. The summed E-state index contributed by atoms with van der Waals surface area (Å²) in [4.78, 5) is 68.0. The van der Waals surface area contributed by atoms with Crippen molar-refractivity contribution in [3.63, 3.8) is 0 Å². The van der Waals surface area contributed by atoms with Gasteiger partial charge in [0, 0.05) is 30.2 Å². The van der Waals surface area contributed by atoms with E-state index in [0.717, 1.165) is 54.3 Å². The fraction of sp³-hybridized carbons (Fsp3) is 0.585. The van der Waals surface area contributed by atoms with Crippen LogP contribution < -0.4 is 16.0 Å². The normalized spacial score (nSPS) is 15.8. The molecule has 0 aliphatic heterocycles. The van der Waals surface area contributed by atoms with Gasteiger partial charge in [-0.05, 0) is 69.1 Å². The summed E-state index contributed by atoms with van der Waals surface area (Å²) in [6, 6.07) is 14.0. The lowest BCUT2D eigenvalue weighted by molar-refractivity contribution is -0.870. The van der Waals surface area contributed by atoms with E-state index in [1.54, 1.807) is 19.1 Å². The molecule has 1 aliphatic rings. The number of carbonyl (C=O) groups excluding carboxylic acids is 5. The summed E-state index contributed by atoms with van der Waals surface area (Å²) in [5.41, 5.74) is 2.31. The number of aryl methyl sites for hydroxylation is 1. The first-order valence-corrected chi connectivity index (χ1v) is 18.8. The molecule has 0 radical (unpaired) electrons. The molecular formula is C41H61N4O7+. The van der Waals surface area contributed by atoms with Crippen molar-refractivity contribution in [3.05, 3.63) is 71.3 Å². The zero-order valence-electron chi connectivity index (χ0n) is 31.7. The number of aliphatic hydroxyl groups is 2. The van der Waals surface area contributed by atoms with Crippen LogP contribution in [0, 0.1) is 24.7 Å². The number of ketones is 2. The van der Waals surface area contributed by atoms with Crippen molar-refractivity contribution in [2.24, 2.45) is 17.8 Å². The Kier molecular flexibility index (Phi) is 17.1. The second-order valence-corrected chi connectivity index (χ2v) is 15.6. The molecule has 3 rings (SSSR count). The summed E-state index contributed by atoms with van der Waals surface area (Å²) < 4.78 is 0.773. The van der Waals surface area contributed by atoms with Gasteiger partial charge in [0.25, 0.3) is 5.91 Å². The van der Waals surface area contributed by atoms with Crippen molar-refractivity contribution < 1.29 is 38.7 Å². The molecule has 11 nitrogen and oxygen atoms in total. The topological polar surface area (TPSA) is 162 Å². The van der Waals surface area contributed by atoms with Crippen LogP contribution >= 0.6 is 0 Å². The number of rotatable bonds is 22. The largest absolute Gasteiger partial charge is 0.394 e. The Bertz CT molecular complexity index is 1450. The van der Waals surface area contributed by atoms with Crippen LogP contribution in [0.4, 0.5) is 0 Å². The van der Waals surface area contributed by atoms with Crippen LogP contribution in [0.25, 0.3) is 0 Å². The summed E-state index contributed by atoms with van der Waals surface area (Å²) in [5.74, 6) is -3.27. The predicted molar refractivity (Wildman–Crippen MR) is 201 cm³/mol. The zero-order valence-corrected chi connectivity index (χ0v) is 31.7. The monoisotopic (exact) mass is 721 g/mol. The fourth-order valence-corrected chi connectivity index (χ4v) is 6.77. The van der Waals surface area contributed by atoms with E-state index in [2.05, 4.69) is 37.1 Å². The van der Waals surface area contributed by atoms with Gasteiger partial charge in [0.15, 0.2) is 11.6 Å². The van der Waals surface area contributed by atoms with Gasteiger partial charge in [0.1, 0.15) is 0 Å². The number of benzene rings is 2. The Hall–Kier alpha value is -3.93. The maximum absolute atomic E-state index is 14.0. The van der Waals surface area contributed by atoms with Crippen molar-refractivity contribution in [3.8, 4) is 0 Å². The number of Topliss-reactive ketones (excluding diaryl/α,β-unsaturated/α-hetero) is 2. The van der Waals surface area contributed by atoms with Crippen molar-refractivity contribution in [1.82, 2.24) is 16.0 Å². The molecule has 52 heavy (non-hydrogen) atoms. The number of amides is 3. The maximum Gasteiger partial charge on any atom is 0.251 e. The van der Waals surface area contributed by atoms with E-state index in [9.17, 15) is 34.2 Å². The molecule has 0 bridgehead atoms. The van der Waals surface area contributed by atoms with Gasteiger partial charge in [0.2, 0.25) is 11.8 Å². The van der Waals surface area contributed by atoms with Crippen LogP contribution in [0.3, 0.4) is 0 Å². The average molecular weight is 722 g/mol. The van der Waals surface area contributed by atoms with Crippen LogP contribution in [-0.2, 0) is 25.6 Å². The van der Waals surface area contributed by atoms with Gasteiger partial charge < -0.3 is 30.6 Å². The van der Waals surface area contributed by atoms with Crippen LogP contribution in [0.5, 0.6) is 0 Å². The van der Waals surface area contributed by atoms with Crippen LogP contribution in [0.15, 0.2) is 54.6 Å². The Balaban J connectivity index is 1.73. The highest BCUT2D eigenvalue weighted by molar-refractivity contribution is 5.99. The third-order valence-corrected chi connectivity index (χ3v) is 10.00. The van der Waals surface area contributed by atoms with Gasteiger partial charge in [0.05, 0.1) is 59.0 Å². The second kappa shape index (κ2) is 20.9. The summed E-state index contributed by atoms with van der Waals surface area (Å²) in [6.07, 6.45) is 5.48. The molecule has 11 heteroatoms. The minimum atomic E-state index is -0.864. The number of nitrogens with one attached hydrogen (secondary N) is 3. The van der Waals surface area contributed by atoms with Gasteiger partial charge in [-0.2, -0.15) is 0 Å². The Labute approximate surface area is 309 Å². The average Bonchev–Trinajstić information content (AvgIpc) is 3.65. The highest BCUT2D eigenvalue weighted by atomic mass is 16.3. The highest BCUT2D eigenvalue weighted by Gasteiger charge is 2.36. The van der Waals surface area contributed by atoms with E-state index < -0.39 is 55.0 Å². The van der Waals surface area contributed by atoms with E-state index in [4.69, 9.17) is 0 Å². The molecule has 1 fully saturated rings. The molecule has 0 aromatic heterocycles. The predicted octanol–water partition coefficient (Wildman–Crippen LogP) is 3.53. The minimum absolute atomic E-state index is 0.0801. The van der Waals surface area contributed by atoms with E-state index in [-0.39, 0.29) is 42.7 Å². The first-order valence-electron chi connectivity index (χ1n) is 18.8. The molecule has 5 N–H and O–H groups in total. The Morgan fingerprint density at radius 2 is 1.42 bits per heavy atom. The van der Waals surface area contributed by atoms with Crippen molar-refractivity contribution in [1.29, 1.82) is 0 Å². The van der Waals surface area contributed by atoms with Gasteiger partial charge >= 0.3 is 0 Å². The molecule has 0 spiro atoms. The van der Waals surface area contributed by atoms with E-state index >= 15 is 0 Å². The lowest BCUT2D eigenvalue weighted by Gasteiger charge is -2.28. The number of aliphatic hydroxyl groups excluding tert-OH is 2. The van der Waals surface area contributed by atoms with Gasteiger partial charge in [-0.15, -0.1) is 0 Å². The number of unbranched alkanes of at least 4 members (excludes halogenated alkanes) is 1. The molecule has 1 saturated carbocycles. The van der Waals surface area contributed by atoms with Gasteiger partial charge in [-0.25, -0.2) is 0 Å². The first kappa shape index (κ1) is 42.5. The number of hydrogen-bond donors (Lipinski definition) is 5. The minimum Gasteiger partial charge on any atom is -0.394 e. The lowest BCUT2D eigenvalue weighted by atomic mass is 9.86. The fourth-order valence-electron chi connectivity index (χ4n) is 6.77. The molecule has 0 heterocycles. The molecule has 0 unspecified atom stereocenters. The summed E-state index contributed by atoms with van der Waals surface area (Å²) in [6.45, 7) is 3.63. The molecule has 1 aliphatic carbocycles. The molecule has 2 aromatic carbocycles. The molecule has 4 atom stereocenters. The van der Waals surface area contributed by atoms with Crippen LogP contribution in [0.1, 0.15) is 86.2 Å². The summed E-state index contributed by atoms with van der Waals surface area (Å²) in [7, 11) is 6.28. The smallest absolute Gasteiger partial charge is 0.251 e. The number of hydrogen-bond acceptors (Lipinski definition) is 7. The third kappa shape index (κ3) is 14.2. The highest BCUT2D eigenvalue weighted by Crippen LogP contribution is 2.30. The van der Waals surface area contributed by atoms with Crippen molar-refractivity contribution >= 4 is 29.3 Å². The quantitative estimate of drug-likeness (QED) is 0.0919. The molecule has 2 aromatic rings. The third-order valence-electron chi connectivity index (χ3n) is 10.00. The number of quaternary nitrogens is 1. The second-order valence-electron chi connectivity index (χ2n) is 15.6. The van der Waals surface area contributed by atoms with Crippen molar-refractivity contribution in [2.75, 3.05) is 40.9 Å². The first-order chi connectivity index (χ1) is 24.7. The molecule has 0 saturated heterocycles. The SMILES string of the molecule is Cc1ccc(C(=O)N[C@@H](Cc2ccccc2)C(=O)C[C@@H](C)C(=O)N[C@H](C(=O)C[C@@H](CCCC[N+](C)(C)C)C(=O)NC(CO)CO)C2CCCC2)cc1. The number of nitrogens with zero attached hydrogens (tertiary/aromatic N) is 1. The molecular weight excluding hydrogens is 660 g/mol. The van der Waals surface area contributed by atoms with E-state index in [1.165, 1.54) is 0 Å². The van der Waals surface area contributed by atoms with Crippen molar-refractivity contribution in [2.45, 2.75) is 96.2 Å². The zero-order chi connectivity index (χ0) is 38.3. The summed E-state index contributed by atoms with van der Waals surface area (Å²) in [5, 5.41) is 27.7. The van der Waals surface area contributed by atoms with Crippen LogP contribution in [-0.4, -0.2) is 103 Å². The van der Waals surface area contributed by atoms with Crippen LogP contribution in [0.2, 0.25) is 0 Å². The lowest BCUT2D eigenvalue weighted by Crippen LogP contribution is -2.50. The van der Waals surface area contributed by atoms with Gasteiger partial charge in [-0.3, -0.25) is 24.0 Å². The Morgan fingerprint density at radius 1 is 0.788 bits per heavy atom.